The van der Waals surface area contributed by atoms with Crippen LogP contribution in [0.25, 0.3) is 0 Å². The van der Waals surface area contributed by atoms with E-state index in [0.29, 0.717) is 24.3 Å². The molecule has 1 aliphatic rings. The Morgan fingerprint density at radius 1 is 1.42 bits per heavy atom. The number of amides is 1. The summed E-state index contributed by atoms with van der Waals surface area (Å²) < 4.78 is 0. The molecule has 2 unspecified atom stereocenters. The van der Waals surface area contributed by atoms with Crippen molar-refractivity contribution in [3.05, 3.63) is 11.8 Å². The zero-order valence-electron chi connectivity index (χ0n) is 12.4. The highest BCUT2D eigenvalue weighted by atomic mass is 16.1. The molecule has 106 valence electrons. The normalized spacial score (nSPS) is 24.2. The minimum Gasteiger partial charge on any atom is -0.376 e. The van der Waals surface area contributed by atoms with E-state index in [1.807, 2.05) is 19.9 Å². The Kier molecular flexibility index (Phi) is 5.88. The predicted molar refractivity (Wildman–Crippen MR) is 76.1 cm³/mol. The molecule has 1 aliphatic heterocycles. The molecule has 1 amide bonds. The fourth-order valence-corrected chi connectivity index (χ4v) is 2.53. The van der Waals surface area contributed by atoms with Crippen molar-refractivity contribution < 1.29 is 4.79 Å². The summed E-state index contributed by atoms with van der Waals surface area (Å²) in [7, 11) is 0. The zero-order chi connectivity index (χ0) is 14.4. The Bertz CT molecular complexity index is 371. The maximum absolute atomic E-state index is 11.9. The molecule has 0 aromatic carbocycles. The molecular formula is C15H25N3O. The van der Waals surface area contributed by atoms with E-state index in [9.17, 15) is 4.79 Å². The van der Waals surface area contributed by atoms with Crippen LogP contribution in [0.2, 0.25) is 0 Å². The molecule has 0 aromatic heterocycles. The van der Waals surface area contributed by atoms with Gasteiger partial charge in [0, 0.05) is 25.8 Å². The van der Waals surface area contributed by atoms with Crippen LogP contribution in [0.3, 0.4) is 0 Å². The van der Waals surface area contributed by atoms with Crippen molar-refractivity contribution in [2.24, 2.45) is 17.8 Å². The van der Waals surface area contributed by atoms with E-state index >= 15 is 0 Å². The SMILES string of the molecule is CC(C)CNC(=O)/C(C#N)=C\N1CC(C)CC(C)C1. The van der Waals surface area contributed by atoms with Crippen LogP contribution in [0.5, 0.6) is 0 Å². The Labute approximate surface area is 116 Å². The smallest absolute Gasteiger partial charge is 0.263 e. The Morgan fingerprint density at radius 3 is 2.47 bits per heavy atom. The largest absolute Gasteiger partial charge is 0.376 e. The van der Waals surface area contributed by atoms with Gasteiger partial charge >= 0.3 is 0 Å². The summed E-state index contributed by atoms with van der Waals surface area (Å²) in [5.41, 5.74) is 0.210. The van der Waals surface area contributed by atoms with Crippen LogP contribution in [0.15, 0.2) is 11.8 Å². The summed E-state index contributed by atoms with van der Waals surface area (Å²) in [6.07, 6.45) is 2.94. The second kappa shape index (κ2) is 7.18. The lowest BCUT2D eigenvalue weighted by atomic mass is 9.92. The molecule has 0 spiro atoms. The minimum absolute atomic E-state index is 0.210. The van der Waals surface area contributed by atoms with E-state index in [1.54, 1.807) is 6.20 Å². The van der Waals surface area contributed by atoms with Gasteiger partial charge in [-0.25, -0.2) is 0 Å². The highest BCUT2D eigenvalue weighted by Gasteiger charge is 2.21. The van der Waals surface area contributed by atoms with Crippen LogP contribution < -0.4 is 5.32 Å². The van der Waals surface area contributed by atoms with Crippen molar-refractivity contribution in [3.63, 3.8) is 0 Å². The molecule has 0 saturated carbocycles. The molecule has 0 bridgehead atoms. The first-order chi connectivity index (χ1) is 8.92. The van der Waals surface area contributed by atoms with Gasteiger partial charge in [-0.2, -0.15) is 5.26 Å². The van der Waals surface area contributed by atoms with Crippen LogP contribution in [-0.4, -0.2) is 30.4 Å². The van der Waals surface area contributed by atoms with Gasteiger partial charge in [-0.05, 0) is 24.2 Å². The number of nitrogens with one attached hydrogen (secondary N) is 1. The lowest BCUT2D eigenvalue weighted by Gasteiger charge is -2.34. The van der Waals surface area contributed by atoms with Gasteiger partial charge in [0.25, 0.3) is 5.91 Å². The minimum atomic E-state index is -0.262. The van der Waals surface area contributed by atoms with Crippen molar-refractivity contribution in [3.8, 4) is 6.07 Å². The summed E-state index contributed by atoms with van der Waals surface area (Å²) in [6, 6.07) is 2.01. The monoisotopic (exact) mass is 263 g/mol. The van der Waals surface area contributed by atoms with Crippen molar-refractivity contribution >= 4 is 5.91 Å². The number of carbonyl (C=O) groups is 1. The van der Waals surface area contributed by atoms with Gasteiger partial charge in [-0.1, -0.05) is 27.7 Å². The van der Waals surface area contributed by atoms with Crippen molar-refractivity contribution in [2.75, 3.05) is 19.6 Å². The van der Waals surface area contributed by atoms with Gasteiger partial charge in [0.05, 0.1) is 0 Å². The second-order valence-electron chi connectivity index (χ2n) is 6.16. The first-order valence-electron chi connectivity index (χ1n) is 7.06. The summed E-state index contributed by atoms with van der Waals surface area (Å²) >= 11 is 0. The third-order valence-electron chi connectivity index (χ3n) is 3.24. The quantitative estimate of drug-likeness (QED) is 0.624. The molecule has 1 rings (SSSR count). The number of likely N-dealkylation sites (tertiary alicyclic amines) is 1. The number of carbonyl (C=O) groups excluding carboxylic acids is 1. The van der Waals surface area contributed by atoms with Crippen LogP contribution in [0.1, 0.15) is 34.1 Å². The van der Waals surface area contributed by atoms with E-state index in [4.69, 9.17) is 5.26 Å². The highest BCUT2D eigenvalue weighted by molar-refractivity contribution is 5.97. The average molecular weight is 263 g/mol. The van der Waals surface area contributed by atoms with Crippen LogP contribution in [0.4, 0.5) is 0 Å². The molecule has 1 N–H and O–H groups in total. The van der Waals surface area contributed by atoms with E-state index in [1.165, 1.54) is 6.42 Å². The first kappa shape index (κ1) is 15.6. The van der Waals surface area contributed by atoms with Crippen LogP contribution in [0, 0.1) is 29.1 Å². The third kappa shape index (κ3) is 5.34. The molecule has 4 heteroatoms. The highest BCUT2D eigenvalue weighted by Crippen LogP contribution is 2.21. The van der Waals surface area contributed by atoms with E-state index in [-0.39, 0.29) is 11.5 Å². The Balaban J connectivity index is 2.65. The third-order valence-corrected chi connectivity index (χ3v) is 3.24. The molecule has 1 saturated heterocycles. The zero-order valence-corrected chi connectivity index (χ0v) is 12.4. The topological polar surface area (TPSA) is 56.1 Å². The Morgan fingerprint density at radius 2 is 2.00 bits per heavy atom. The number of nitriles is 1. The molecule has 2 atom stereocenters. The maximum Gasteiger partial charge on any atom is 0.263 e. The average Bonchev–Trinajstić information content (AvgIpc) is 2.31. The van der Waals surface area contributed by atoms with Gasteiger partial charge in [0.15, 0.2) is 0 Å². The fraction of sp³-hybridized carbons (Fsp3) is 0.733. The molecule has 19 heavy (non-hydrogen) atoms. The van der Waals surface area contributed by atoms with Gasteiger partial charge in [-0.15, -0.1) is 0 Å². The van der Waals surface area contributed by atoms with E-state index in [2.05, 4.69) is 24.1 Å². The fourth-order valence-electron chi connectivity index (χ4n) is 2.53. The molecule has 4 nitrogen and oxygen atoms in total. The van der Waals surface area contributed by atoms with Crippen molar-refractivity contribution in [2.45, 2.75) is 34.1 Å². The van der Waals surface area contributed by atoms with Gasteiger partial charge in [0.2, 0.25) is 0 Å². The number of nitrogens with zero attached hydrogens (tertiary/aromatic N) is 2. The molecule has 0 aliphatic carbocycles. The van der Waals surface area contributed by atoms with Crippen LogP contribution >= 0.6 is 0 Å². The van der Waals surface area contributed by atoms with E-state index in [0.717, 1.165) is 13.1 Å². The lowest BCUT2D eigenvalue weighted by Crippen LogP contribution is -2.36. The van der Waals surface area contributed by atoms with Gasteiger partial charge in [0.1, 0.15) is 11.6 Å². The lowest BCUT2D eigenvalue weighted by molar-refractivity contribution is -0.117. The van der Waals surface area contributed by atoms with Crippen molar-refractivity contribution in [1.82, 2.24) is 10.2 Å². The number of piperidine rings is 1. The first-order valence-corrected chi connectivity index (χ1v) is 7.06. The summed E-state index contributed by atoms with van der Waals surface area (Å²) in [4.78, 5) is 14.0. The van der Waals surface area contributed by atoms with E-state index < -0.39 is 0 Å². The molecule has 0 radical (unpaired) electrons. The van der Waals surface area contributed by atoms with Crippen LogP contribution in [-0.2, 0) is 4.79 Å². The molecule has 0 aromatic rings. The number of rotatable bonds is 4. The molecule has 1 fully saturated rings. The second-order valence-corrected chi connectivity index (χ2v) is 6.16. The number of hydrogen-bond acceptors (Lipinski definition) is 3. The summed E-state index contributed by atoms with van der Waals surface area (Å²) in [5, 5.41) is 11.9. The maximum atomic E-state index is 11.9. The number of hydrogen-bond donors (Lipinski definition) is 1. The standard InChI is InChI=1S/C15H25N3O/c1-11(2)7-17-15(19)14(6-16)10-18-8-12(3)5-13(4)9-18/h10-13H,5,7-9H2,1-4H3,(H,17,19)/b14-10-. The Hall–Kier alpha value is -1.50. The molecular weight excluding hydrogens is 238 g/mol. The predicted octanol–water partition coefficient (Wildman–Crippen LogP) is 2.14. The summed E-state index contributed by atoms with van der Waals surface area (Å²) in [6.45, 7) is 10.9. The van der Waals surface area contributed by atoms with Crippen molar-refractivity contribution in [1.29, 1.82) is 5.26 Å². The summed E-state index contributed by atoms with van der Waals surface area (Å²) in [5.74, 6) is 1.35. The molecule has 1 heterocycles. The van der Waals surface area contributed by atoms with Gasteiger partial charge < -0.3 is 10.2 Å². The van der Waals surface area contributed by atoms with Gasteiger partial charge in [-0.3, -0.25) is 4.79 Å².